The van der Waals surface area contributed by atoms with Crippen molar-refractivity contribution in [1.29, 1.82) is 0 Å². The molecule has 0 spiro atoms. The smallest absolute Gasteiger partial charge is 0.239 e. The summed E-state index contributed by atoms with van der Waals surface area (Å²) < 4.78 is 23.9. The molecule has 1 heterocycles. The number of halogens is 2. The van der Waals surface area contributed by atoms with E-state index in [4.69, 9.17) is 0 Å². The highest BCUT2D eigenvalue weighted by Crippen LogP contribution is 2.05. The average molecular weight is 192 g/mol. The normalized spacial score (nSPS) is 26.3. The summed E-state index contributed by atoms with van der Waals surface area (Å²) >= 11 is 0. The van der Waals surface area contributed by atoms with Gasteiger partial charge in [-0.15, -0.1) is 0 Å². The van der Waals surface area contributed by atoms with Crippen molar-refractivity contribution in [2.45, 2.75) is 32.2 Å². The van der Waals surface area contributed by atoms with Gasteiger partial charge in [0.15, 0.2) is 0 Å². The zero-order valence-corrected chi connectivity index (χ0v) is 8.10. The highest BCUT2D eigenvalue weighted by molar-refractivity contribution is 4.72. The fourth-order valence-electron chi connectivity index (χ4n) is 1.68. The monoisotopic (exact) mass is 192 g/mol. The van der Waals surface area contributed by atoms with Crippen LogP contribution in [0.5, 0.6) is 0 Å². The molecule has 0 saturated carbocycles. The molecule has 1 atom stereocenters. The second-order valence-corrected chi connectivity index (χ2v) is 3.69. The zero-order chi connectivity index (χ0) is 9.68. The van der Waals surface area contributed by atoms with Crippen LogP contribution in [0.3, 0.4) is 0 Å². The van der Waals surface area contributed by atoms with Crippen LogP contribution in [0.25, 0.3) is 0 Å². The number of nitrogens with one attached hydrogen (secondary N) is 1. The Bertz CT molecular complexity index is 142. The maximum atomic E-state index is 11.9. The first-order valence-corrected chi connectivity index (χ1v) is 4.92. The average Bonchev–Trinajstić information content (AvgIpc) is 2.26. The van der Waals surface area contributed by atoms with E-state index in [1.165, 1.54) is 0 Å². The van der Waals surface area contributed by atoms with Gasteiger partial charge in [-0.25, -0.2) is 8.78 Å². The summed E-state index contributed by atoms with van der Waals surface area (Å²) in [6, 6.07) is 0.431. The summed E-state index contributed by atoms with van der Waals surface area (Å²) in [6.07, 6.45) is -1.09. The Labute approximate surface area is 78.3 Å². The van der Waals surface area contributed by atoms with Gasteiger partial charge in [0.25, 0.3) is 0 Å². The molecule has 4 heteroatoms. The predicted octanol–water partition coefficient (Wildman–Crippen LogP) is 1.33. The van der Waals surface area contributed by atoms with Gasteiger partial charge in [0.05, 0.1) is 0 Å². The molecule has 1 unspecified atom stereocenters. The summed E-state index contributed by atoms with van der Waals surface area (Å²) in [5, 5.41) is 3.33. The Morgan fingerprint density at radius 1 is 1.54 bits per heavy atom. The lowest BCUT2D eigenvalue weighted by molar-refractivity contribution is 0.116. The van der Waals surface area contributed by atoms with Crippen LogP contribution in [-0.4, -0.2) is 43.5 Å². The number of nitrogens with zero attached hydrogens (tertiary/aromatic N) is 1. The van der Waals surface area contributed by atoms with Gasteiger partial charge in [0.1, 0.15) is 0 Å². The predicted molar refractivity (Wildman–Crippen MR) is 49.1 cm³/mol. The van der Waals surface area contributed by atoms with E-state index in [1.54, 1.807) is 0 Å². The van der Waals surface area contributed by atoms with Gasteiger partial charge in [0, 0.05) is 25.6 Å². The largest absolute Gasteiger partial charge is 0.313 e. The lowest BCUT2D eigenvalue weighted by Gasteiger charge is -2.21. The first-order valence-electron chi connectivity index (χ1n) is 4.92. The van der Waals surface area contributed by atoms with Crippen molar-refractivity contribution in [3.05, 3.63) is 0 Å². The lowest BCUT2D eigenvalue weighted by atomic mass is 10.3. The molecule has 0 amide bonds. The first-order chi connectivity index (χ1) is 6.18. The van der Waals surface area contributed by atoms with Gasteiger partial charge in [0.2, 0.25) is 6.43 Å². The van der Waals surface area contributed by atoms with E-state index in [0.717, 1.165) is 26.1 Å². The van der Waals surface area contributed by atoms with Crippen molar-refractivity contribution in [2.75, 3.05) is 26.2 Å². The fraction of sp³-hybridized carbons (Fsp3) is 1.00. The lowest BCUT2D eigenvalue weighted by Crippen LogP contribution is -2.36. The Kier molecular flexibility index (Phi) is 4.59. The van der Waals surface area contributed by atoms with Gasteiger partial charge in [-0.2, -0.15) is 0 Å². The molecule has 1 aliphatic rings. The quantitative estimate of drug-likeness (QED) is 0.725. The molecule has 1 fully saturated rings. The number of hydrogen-bond acceptors (Lipinski definition) is 2. The Balaban J connectivity index is 2.22. The molecular weight excluding hydrogens is 174 g/mol. The molecule has 13 heavy (non-hydrogen) atoms. The van der Waals surface area contributed by atoms with E-state index >= 15 is 0 Å². The minimum absolute atomic E-state index is 0.00667. The summed E-state index contributed by atoms with van der Waals surface area (Å²) in [6.45, 7) is 5.48. The molecule has 0 bridgehead atoms. The second kappa shape index (κ2) is 5.50. The molecule has 0 aromatic heterocycles. The molecule has 1 N–H and O–H groups in total. The third-order valence-corrected chi connectivity index (χ3v) is 2.34. The van der Waals surface area contributed by atoms with Crippen LogP contribution in [0.2, 0.25) is 0 Å². The van der Waals surface area contributed by atoms with E-state index < -0.39 is 6.43 Å². The van der Waals surface area contributed by atoms with Gasteiger partial charge in [-0.3, -0.25) is 0 Å². The maximum absolute atomic E-state index is 11.9. The molecule has 1 aliphatic heterocycles. The van der Waals surface area contributed by atoms with Gasteiger partial charge < -0.3 is 10.2 Å². The topological polar surface area (TPSA) is 15.3 Å². The highest BCUT2D eigenvalue weighted by Gasteiger charge is 2.14. The summed E-state index contributed by atoms with van der Waals surface area (Å²) in [5.41, 5.74) is 0. The van der Waals surface area contributed by atoms with Crippen LogP contribution in [0.15, 0.2) is 0 Å². The van der Waals surface area contributed by atoms with Crippen molar-refractivity contribution in [1.82, 2.24) is 10.2 Å². The Hall–Kier alpha value is -0.220. The van der Waals surface area contributed by atoms with Gasteiger partial charge in [-0.1, -0.05) is 0 Å². The number of alkyl halides is 2. The van der Waals surface area contributed by atoms with Crippen LogP contribution >= 0.6 is 0 Å². The summed E-state index contributed by atoms with van der Waals surface area (Å²) in [7, 11) is 0. The number of hydrogen-bond donors (Lipinski definition) is 1. The van der Waals surface area contributed by atoms with Gasteiger partial charge >= 0.3 is 0 Å². The molecule has 2 nitrogen and oxygen atoms in total. The van der Waals surface area contributed by atoms with Gasteiger partial charge in [-0.05, 0) is 26.4 Å². The van der Waals surface area contributed by atoms with E-state index in [0.29, 0.717) is 12.6 Å². The molecular formula is C9H18F2N2. The van der Waals surface area contributed by atoms with E-state index in [9.17, 15) is 8.78 Å². The highest BCUT2D eigenvalue weighted by atomic mass is 19.3. The standard InChI is InChI=1S/C9H18F2N2/c1-8-7-13(5-2-4-12-8)6-3-9(10)11/h8-9,12H,2-7H2,1H3. The molecule has 0 aliphatic carbocycles. The molecule has 0 radical (unpaired) electrons. The SMILES string of the molecule is CC1CN(CCC(F)F)CCCN1. The number of rotatable bonds is 3. The molecule has 0 aromatic rings. The van der Waals surface area contributed by atoms with E-state index in [1.807, 2.05) is 0 Å². The van der Waals surface area contributed by atoms with Crippen molar-refractivity contribution in [3.8, 4) is 0 Å². The third kappa shape index (κ3) is 4.52. The Morgan fingerprint density at radius 3 is 3.00 bits per heavy atom. The van der Waals surface area contributed by atoms with Crippen LogP contribution in [0, 0.1) is 0 Å². The molecule has 1 rings (SSSR count). The minimum Gasteiger partial charge on any atom is -0.313 e. The van der Waals surface area contributed by atoms with E-state index in [2.05, 4.69) is 17.1 Å². The summed E-state index contributed by atoms with van der Waals surface area (Å²) in [5.74, 6) is 0. The second-order valence-electron chi connectivity index (χ2n) is 3.69. The fourth-order valence-corrected chi connectivity index (χ4v) is 1.68. The van der Waals surface area contributed by atoms with Crippen LogP contribution < -0.4 is 5.32 Å². The third-order valence-electron chi connectivity index (χ3n) is 2.34. The molecule has 78 valence electrons. The Morgan fingerprint density at radius 2 is 2.31 bits per heavy atom. The van der Waals surface area contributed by atoms with Crippen molar-refractivity contribution in [2.24, 2.45) is 0 Å². The molecule has 1 saturated heterocycles. The van der Waals surface area contributed by atoms with Crippen LogP contribution in [-0.2, 0) is 0 Å². The van der Waals surface area contributed by atoms with Crippen LogP contribution in [0.4, 0.5) is 8.78 Å². The molecule has 0 aromatic carbocycles. The maximum Gasteiger partial charge on any atom is 0.239 e. The van der Waals surface area contributed by atoms with Crippen LogP contribution in [0.1, 0.15) is 19.8 Å². The zero-order valence-electron chi connectivity index (χ0n) is 8.10. The summed E-state index contributed by atoms with van der Waals surface area (Å²) in [4.78, 5) is 2.12. The first kappa shape index (κ1) is 10.9. The minimum atomic E-state index is -2.16. The van der Waals surface area contributed by atoms with E-state index in [-0.39, 0.29) is 6.42 Å². The van der Waals surface area contributed by atoms with Crippen molar-refractivity contribution < 1.29 is 8.78 Å². The van der Waals surface area contributed by atoms with Crippen molar-refractivity contribution >= 4 is 0 Å². The van der Waals surface area contributed by atoms with Crippen molar-refractivity contribution in [3.63, 3.8) is 0 Å².